The molecule has 3 aromatic rings. The van der Waals surface area contributed by atoms with Gasteiger partial charge in [0.05, 0.1) is 0 Å². The standard InChI is InChI=1S/C20H26N4O/c1-2-8-19-21-22-20(25-19)18-15-16-9-4-5-10-17(16)24(18)14-13-23-11-6-3-7-12-23/h4-5,9-10,15H,2-3,6-8,11-14H2,1H3. The van der Waals surface area contributed by atoms with E-state index >= 15 is 0 Å². The Bertz CT molecular complexity index is 829. The molecule has 25 heavy (non-hydrogen) atoms. The number of aromatic nitrogens is 3. The van der Waals surface area contributed by atoms with Crippen LogP contribution in [0.25, 0.3) is 22.5 Å². The molecule has 5 nitrogen and oxygen atoms in total. The van der Waals surface area contributed by atoms with Gasteiger partial charge in [-0.25, -0.2) is 0 Å². The number of rotatable bonds is 6. The van der Waals surface area contributed by atoms with Gasteiger partial charge in [0.25, 0.3) is 5.89 Å². The van der Waals surface area contributed by atoms with Crippen LogP contribution >= 0.6 is 0 Å². The third kappa shape index (κ3) is 3.47. The summed E-state index contributed by atoms with van der Waals surface area (Å²) in [5.74, 6) is 1.36. The van der Waals surface area contributed by atoms with E-state index < -0.39 is 0 Å². The third-order valence-electron chi connectivity index (χ3n) is 5.05. The summed E-state index contributed by atoms with van der Waals surface area (Å²) in [5, 5.41) is 9.74. The highest BCUT2D eigenvalue weighted by atomic mass is 16.4. The van der Waals surface area contributed by atoms with Gasteiger partial charge in [0.15, 0.2) is 0 Å². The molecule has 0 amide bonds. The maximum absolute atomic E-state index is 5.92. The van der Waals surface area contributed by atoms with Crippen molar-refractivity contribution in [2.75, 3.05) is 19.6 Å². The van der Waals surface area contributed by atoms with Crippen molar-refractivity contribution >= 4 is 10.9 Å². The van der Waals surface area contributed by atoms with Crippen LogP contribution in [0.15, 0.2) is 34.7 Å². The molecule has 1 fully saturated rings. The van der Waals surface area contributed by atoms with Crippen LogP contribution in [0.1, 0.15) is 38.5 Å². The Kier molecular flexibility index (Phi) is 4.83. The number of hydrogen-bond donors (Lipinski definition) is 0. The van der Waals surface area contributed by atoms with Crippen molar-refractivity contribution in [1.29, 1.82) is 0 Å². The fourth-order valence-electron chi connectivity index (χ4n) is 3.72. The van der Waals surface area contributed by atoms with Crippen LogP contribution in [0.3, 0.4) is 0 Å². The second kappa shape index (κ2) is 7.40. The van der Waals surface area contributed by atoms with Gasteiger partial charge >= 0.3 is 0 Å². The molecule has 0 unspecified atom stereocenters. The van der Waals surface area contributed by atoms with Crippen molar-refractivity contribution in [3.63, 3.8) is 0 Å². The minimum Gasteiger partial charge on any atom is -0.419 e. The molecule has 0 saturated carbocycles. The van der Waals surface area contributed by atoms with Gasteiger partial charge in [0, 0.05) is 30.4 Å². The first-order chi connectivity index (χ1) is 12.3. The lowest BCUT2D eigenvalue weighted by Gasteiger charge is -2.26. The Morgan fingerprint density at radius 2 is 1.88 bits per heavy atom. The van der Waals surface area contributed by atoms with Gasteiger partial charge in [0.1, 0.15) is 5.69 Å². The maximum Gasteiger partial charge on any atom is 0.264 e. The molecular formula is C20H26N4O. The van der Waals surface area contributed by atoms with Gasteiger partial charge in [-0.3, -0.25) is 0 Å². The summed E-state index contributed by atoms with van der Waals surface area (Å²) in [7, 11) is 0. The van der Waals surface area contributed by atoms with Crippen LogP contribution < -0.4 is 0 Å². The van der Waals surface area contributed by atoms with Crippen LogP contribution in [0.2, 0.25) is 0 Å². The van der Waals surface area contributed by atoms with Gasteiger partial charge in [-0.05, 0) is 44.5 Å². The summed E-state index contributed by atoms with van der Waals surface area (Å²) < 4.78 is 8.26. The highest BCUT2D eigenvalue weighted by molar-refractivity contribution is 5.85. The summed E-state index contributed by atoms with van der Waals surface area (Å²) in [6.07, 6.45) is 5.86. The van der Waals surface area contributed by atoms with Crippen LogP contribution in [-0.4, -0.2) is 39.3 Å². The normalized spacial score (nSPS) is 15.9. The quantitative estimate of drug-likeness (QED) is 0.678. The van der Waals surface area contributed by atoms with E-state index in [1.165, 1.54) is 43.3 Å². The zero-order valence-corrected chi connectivity index (χ0v) is 14.9. The lowest BCUT2D eigenvalue weighted by molar-refractivity contribution is 0.222. The monoisotopic (exact) mass is 338 g/mol. The Morgan fingerprint density at radius 3 is 2.72 bits per heavy atom. The number of para-hydroxylation sites is 1. The molecule has 0 aliphatic carbocycles. The molecule has 0 radical (unpaired) electrons. The average Bonchev–Trinajstić information content (AvgIpc) is 3.25. The summed E-state index contributed by atoms with van der Waals surface area (Å²) in [4.78, 5) is 2.57. The molecule has 0 spiro atoms. The molecule has 1 aliphatic rings. The van der Waals surface area contributed by atoms with E-state index in [4.69, 9.17) is 4.42 Å². The fraction of sp³-hybridized carbons (Fsp3) is 0.500. The van der Waals surface area contributed by atoms with Crippen molar-refractivity contribution in [2.24, 2.45) is 0 Å². The van der Waals surface area contributed by atoms with Crippen molar-refractivity contribution in [3.8, 4) is 11.6 Å². The number of benzene rings is 1. The first-order valence-electron chi connectivity index (χ1n) is 9.48. The van der Waals surface area contributed by atoms with Gasteiger partial charge in [0.2, 0.25) is 5.89 Å². The number of fused-ring (bicyclic) bond motifs is 1. The first-order valence-corrected chi connectivity index (χ1v) is 9.48. The van der Waals surface area contributed by atoms with Crippen LogP contribution in [0.5, 0.6) is 0 Å². The lowest BCUT2D eigenvalue weighted by atomic mass is 10.1. The van der Waals surface area contributed by atoms with Crippen LogP contribution in [-0.2, 0) is 13.0 Å². The third-order valence-corrected chi connectivity index (χ3v) is 5.05. The summed E-state index contributed by atoms with van der Waals surface area (Å²) in [6.45, 7) is 6.58. The molecule has 4 rings (SSSR count). The average molecular weight is 338 g/mol. The second-order valence-electron chi connectivity index (χ2n) is 6.89. The minimum absolute atomic E-state index is 0.637. The zero-order valence-electron chi connectivity index (χ0n) is 14.9. The van der Waals surface area contributed by atoms with E-state index in [9.17, 15) is 0 Å². The first kappa shape index (κ1) is 16.3. The summed E-state index contributed by atoms with van der Waals surface area (Å²) in [6, 6.07) is 10.7. The SMILES string of the molecule is CCCc1nnc(-c2cc3ccccc3n2CCN2CCCCC2)o1. The summed E-state index contributed by atoms with van der Waals surface area (Å²) >= 11 is 0. The van der Waals surface area contributed by atoms with Gasteiger partial charge in [-0.2, -0.15) is 0 Å². The van der Waals surface area contributed by atoms with Crippen molar-refractivity contribution in [2.45, 2.75) is 45.6 Å². The smallest absolute Gasteiger partial charge is 0.264 e. The van der Waals surface area contributed by atoms with Gasteiger partial charge in [-0.1, -0.05) is 31.5 Å². The lowest BCUT2D eigenvalue weighted by Crippen LogP contribution is -2.32. The zero-order chi connectivity index (χ0) is 17.1. The van der Waals surface area contributed by atoms with Crippen LogP contribution in [0, 0.1) is 0 Å². The minimum atomic E-state index is 0.637. The van der Waals surface area contributed by atoms with Crippen molar-refractivity contribution < 1.29 is 4.42 Å². The highest BCUT2D eigenvalue weighted by Gasteiger charge is 2.17. The molecule has 1 aliphatic heterocycles. The predicted molar refractivity (Wildman–Crippen MR) is 99.5 cm³/mol. The Morgan fingerprint density at radius 1 is 1.04 bits per heavy atom. The number of nitrogens with zero attached hydrogens (tertiary/aromatic N) is 4. The molecular weight excluding hydrogens is 312 g/mol. The van der Waals surface area contributed by atoms with Crippen molar-refractivity contribution in [1.82, 2.24) is 19.7 Å². The fourth-order valence-corrected chi connectivity index (χ4v) is 3.72. The van der Waals surface area contributed by atoms with E-state index in [1.54, 1.807) is 0 Å². The predicted octanol–water partition coefficient (Wildman–Crippen LogP) is 4.13. The molecule has 1 saturated heterocycles. The molecule has 3 heterocycles. The topological polar surface area (TPSA) is 47.1 Å². The Balaban J connectivity index is 1.64. The highest BCUT2D eigenvalue weighted by Crippen LogP contribution is 2.28. The number of likely N-dealkylation sites (tertiary alicyclic amines) is 1. The van der Waals surface area contributed by atoms with Gasteiger partial charge < -0.3 is 13.9 Å². The van der Waals surface area contributed by atoms with E-state index in [2.05, 4.69) is 56.9 Å². The molecule has 2 aromatic heterocycles. The van der Waals surface area contributed by atoms with E-state index in [0.29, 0.717) is 5.89 Å². The number of hydrogen-bond acceptors (Lipinski definition) is 4. The number of aryl methyl sites for hydroxylation is 1. The van der Waals surface area contributed by atoms with Gasteiger partial charge in [-0.15, -0.1) is 10.2 Å². The van der Waals surface area contributed by atoms with E-state index in [0.717, 1.165) is 37.5 Å². The molecule has 132 valence electrons. The molecule has 0 N–H and O–H groups in total. The Labute approximate surface area is 148 Å². The maximum atomic E-state index is 5.92. The molecule has 0 atom stereocenters. The van der Waals surface area contributed by atoms with Crippen LogP contribution in [0.4, 0.5) is 0 Å². The second-order valence-corrected chi connectivity index (χ2v) is 6.89. The largest absolute Gasteiger partial charge is 0.419 e. The molecule has 1 aromatic carbocycles. The van der Waals surface area contributed by atoms with E-state index in [1.807, 2.05) is 0 Å². The summed E-state index contributed by atoms with van der Waals surface area (Å²) in [5.41, 5.74) is 2.28. The molecule has 0 bridgehead atoms. The van der Waals surface area contributed by atoms with E-state index in [-0.39, 0.29) is 0 Å². The van der Waals surface area contributed by atoms with Crippen molar-refractivity contribution in [3.05, 3.63) is 36.2 Å². The molecule has 5 heteroatoms. The Hall–Kier alpha value is -2.14. The number of piperidine rings is 1.